The molecular formula is C37H55NO11. The molecule has 0 aromatic heterocycles. The predicted molar refractivity (Wildman–Crippen MR) is 175 cm³/mol. The van der Waals surface area contributed by atoms with Gasteiger partial charge in [-0.1, -0.05) is 19.9 Å². The third kappa shape index (κ3) is 6.97. The van der Waals surface area contributed by atoms with E-state index >= 15 is 0 Å². The number of hydrogen-bond acceptors (Lipinski definition) is 11. The first-order valence-corrected chi connectivity index (χ1v) is 18.3. The number of ether oxygens (including phenoxy) is 7. The summed E-state index contributed by atoms with van der Waals surface area (Å²) in [6.07, 6.45) is 3.37. The number of carbonyl (C=O) groups is 4. The van der Waals surface area contributed by atoms with Crippen molar-refractivity contribution < 1.29 is 52.3 Å². The monoisotopic (exact) mass is 689 g/mol. The maximum absolute atomic E-state index is 14.4. The zero-order chi connectivity index (χ0) is 35.1. The van der Waals surface area contributed by atoms with E-state index in [4.69, 9.17) is 33.2 Å². The first kappa shape index (κ1) is 36.4. The molecule has 49 heavy (non-hydrogen) atoms. The summed E-state index contributed by atoms with van der Waals surface area (Å²) < 4.78 is 42.1. The molecule has 4 unspecified atom stereocenters. The van der Waals surface area contributed by atoms with Crippen LogP contribution >= 0.6 is 0 Å². The van der Waals surface area contributed by atoms with Gasteiger partial charge in [-0.2, -0.15) is 0 Å². The van der Waals surface area contributed by atoms with Crippen LogP contribution in [0.5, 0.6) is 0 Å². The molecule has 12 heteroatoms. The van der Waals surface area contributed by atoms with Gasteiger partial charge in [0.15, 0.2) is 12.1 Å². The number of ketones is 1. The van der Waals surface area contributed by atoms with Crippen LogP contribution in [-0.2, 0) is 52.3 Å². The van der Waals surface area contributed by atoms with Crippen LogP contribution in [-0.4, -0.2) is 100 Å². The Labute approximate surface area is 289 Å². The van der Waals surface area contributed by atoms with Crippen molar-refractivity contribution in [3.8, 4) is 0 Å². The number of carbonyl (C=O) groups excluding carboxylic acids is 4. The third-order valence-corrected chi connectivity index (χ3v) is 12.6. The Hall–Kier alpha value is -2.38. The molecule has 0 bridgehead atoms. The minimum absolute atomic E-state index is 0.000965. The van der Waals surface area contributed by atoms with Crippen molar-refractivity contribution in [1.82, 2.24) is 5.32 Å². The van der Waals surface area contributed by atoms with E-state index in [-0.39, 0.29) is 90.2 Å². The second kappa shape index (κ2) is 15.1. The highest BCUT2D eigenvalue weighted by atomic mass is 16.7. The minimum Gasteiger partial charge on any atom is -0.462 e. The van der Waals surface area contributed by atoms with E-state index in [1.165, 1.54) is 6.92 Å². The summed E-state index contributed by atoms with van der Waals surface area (Å²) in [5.41, 5.74) is 0.604. The van der Waals surface area contributed by atoms with Crippen LogP contribution in [0, 0.1) is 41.4 Å². The molecule has 16 atom stereocenters. The number of amides is 1. The molecule has 6 rings (SSSR count). The molecule has 274 valence electrons. The number of allylic oxidation sites excluding steroid dienone is 2. The Morgan fingerprint density at radius 2 is 1.65 bits per heavy atom. The number of fused-ring (bicyclic) bond motifs is 8. The summed E-state index contributed by atoms with van der Waals surface area (Å²) in [5, 5.41) is 3.28. The van der Waals surface area contributed by atoms with Crippen molar-refractivity contribution in [2.24, 2.45) is 41.4 Å². The molecule has 2 saturated carbocycles. The number of Topliss-reactive ketones (excluding diaryl/α,β-unsaturated/α-hetero) is 1. The SMILES string of the molecule is CC[C@H]1CCC[C@H](OC(C)=O)[C@@H](C)C(=O)C2=C[C@H]3[C@@H]4C[C@H](O[C@@H]5OC(C)[C@H](OC)C(OC)[C@@H]5OC)C[C@H]4C4CC(=O)NC4[C@H]3[C@@H]2CC(=O)O1. The van der Waals surface area contributed by atoms with E-state index < -0.39 is 36.3 Å². The van der Waals surface area contributed by atoms with Crippen LogP contribution < -0.4 is 5.32 Å². The van der Waals surface area contributed by atoms with E-state index in [0.717, 1.165) is 12.8 Å². The van der Waals surface area contributed by atoms with Crippen molar-refractivity contribution in [3.05, 3.63) is 11.6 Å². The van der Waals surface area contributed by atoms with Gasteiger partial charge in [0.1, 0.15) is 30.5 Å². The Morgan fingerprint density at radius 1 is 0.939 bits per heavy atom. The summed E-state index contributed by atoms with van der Waals surface area (Å²) in [5.74, 6) is -1.62. The number of nitrogens with one attached hydrogen (secondary N) is 1. The van der Waals surface area contributed by atoms with Crippen LogP contribution in [0.1, 0.15) is 79.1 Å². The molecule has 3 heterocycles. The van der Waals surface area contributed by atoms with Gasteiger partial charge in [-0.25, -0.2) is 0 Å². The van der Waals surface area contributed by atoms with Gasteiger partial charge in [-0.05, 0) is 80.6 Å². The Kier molecular flexibility index (Phi) is 11.2. The molecule has 3 aliphatic heterocycles. The van der Waals surface area contributed by atoms with Crippen LogP contribution in [0.2, 0.25) is 0 Å². The van der Waals surface area contributed by atoms with Crippen molar-refractivity contribution in [3.63, 3.8) is 0 Å². The molecule has 6 aliphatic rings. The highest BCUT2D eigenvalue weighted by Gasteiger charge is 2.61. The van der Waals surface area contributed by atoms with Gasteiger partial charge in [0, 0.05) is 46.6 Å². The van der Waals surface area contributed by atoms with Gasteiger partial charge in [0.2, 0.25) is 5.91 Å². The molecule has 5 fully saturated rings. The van der Waals surface area contributed by atoms with E-state index in [2.05, 4.69) is 11.4 Å². The fraction of sp³-hybridized carbons (Fsp3) is 0.838. The molecule has 0 spiro atoms. The lowest BCUT2D eigenvalue weighted by molar-refractivity contribution is -0.314. The fourth-order valence-corrected chi connectivity index (χ4v) is 10.4. The lowest BCUT2D eigenvalue weighted by Gasteiger charge is -2.46. The summed E-state index contributed by atoms with van der Waals surface area (Å²) >= 11 is 0. The van der Waals surface area contributed by atoms with Crippen molar-refractivity contribution >= 4 is 23.6 Å². The fourth-order valence-electron chi connectivity index (χ4n) is 10.4. The molecule has 3 aliphatic carbocycles. The summed E-state index contributed by atoms with van der Waals surface area (Å²) in [4.78, 5) is 53.1. The Morgan fingerprint density at radius 3 is 2.33 bits per heavy atom. The van der Waals surface area contributed by atoms with Gasteiger partial charge in [0.25, 0.3) is 0 Å². The van der Waals surface area contributed by atoms with Crippen molar-refractivity contribution in [1.29, 1.82) is 0 Å². The van der Waals surface area contributed by atoms with Gasteiger partial charge in [-0.15, -0.1) is 0 Å². The zero-order valence-corrected chi connectivity index (χ0v) is 30.0. The normalized spacial score (nSPS) is 45.4. The molecule has 12 nitrogen and oxygen atoms in total. The molecule has 0 aromatic carbocycles. The largest absolute Gasteiger partial charge is 0.462 e. The van der Waals surface area contributed by atoms with E-state index in [1.807, 2.05) is 20.8 Å². The Balaban J connectivity index is 1.31. The Bertz CT molecular complexity index is 1290. The topological polar surface area (TPSA) is 145 Å². The molecule has 0 radical (unpaired) electrons. The van der Waals surface area contributed by atoms with Crippen molar-refractivity contribution in [2.45, 2.75) is 134 Å². The first-order chi connectivity index (χ1) is 23.5. The maximum atomic E-state index is 14.4. The molecular weight excluding hydrogens is 634 g/mol. The number of esters is 2. The molecule has 3 saturated heterocycles. The highest BCUT2D eigenvalue weighted by molar-refractivity contribution is 5.99. The zero-order valence-electron chi connectivity index (χ0n) is 30.0. The summed E-state index contributed by atoms with van der Waals surface area (Å²) in [6, 6.07) is -0.177. The van der Waals surface area contributed by atoms with Gasteiger partial charge < -0.3 is 38.5 Å². The second-order valence-corrected chi connectivity index (χ2v) is 15.2. The first-order valence-electron chi connectivity index (χ1n) is 18.3. The van der Waals surface area contributed by atoms with E-state index in [0.29, 0.717) is 37.7 Å². The van der Waals surface area contributed by atoms with Gasteiger partial charge >= 0.3 is 11.9 Å². The number of rotatable bonds is 7. The summed E-state index contributed by atoms with van der Waals surface area (Å²) in [6.45, 7) is 7.13. The van der Waals surface area contributed by atoms with E-state index in [1.54, 1.807) is 21.3 Å². The van der Waals surface area contributed by atoms with E-state index in [9.17, 15) is 19.2 Å². The van der Waals surface area contributed by atoms with Crippen molar-refractivity contribution in [2.75, 3.05) is 21.3 Å². The average Bonchev–Trinajstić information content (AvgIpc) is 3.76. The lowest BCUT2D eigenvalue weighted by Crippen LogP contribution is -2.59. The molecule has 0 aromatic rings. The standard InChI is InChI=1S/C37H55NO11/c1-8-20-10-9-11-28(47-19(4)39)17(2)33(42)27-14-24-22-12-21(49-37-36(45-7)35(44-6)34(43-5)18(3)46-37)13-23(22)26-15-29(40)38-32(26)31(24)25(27)16-30(41)48-20/h14,17-18,20-26,28,31-32,34-37H,8-13,15-16H2,1-7H3,(H,38,40)/t17-,18?,20+,21+,22-,23-,24+,25-,26?,28+,31-,32?,34+,35?,36+,37+/m1/s1. The molecule has 1 amide bonds. The number of methoxy groups -OCH3 is 3. The van der Waals surface area contributed by atoms with Gasteiger partial charge in [-0.3, -0.25) is 19.2 Å². The van der Waals surface area contributed by atoms with Crippen LogP contribution in [0.15, 0.2) is 11.6 Å². The maximum Gasteiger partial charge on any atom is 0.306 e. The number of hydrogen-bond donors (Lipinski definition) is 1. The van der Waals surface area contributed by atoms with Crippen LogP contribution in [0.3, 0.4) is 0 Å². The van der Waals surface area contributed by atoms with Crippen LogP contribution in [0.4, 0.5) is 0 Å². The third-order valence-electron chi connectivity index (χ3n) is 12.6. The van der Waals surface area contributed by atoms with Crippen LogP contribution in [0.25, 0.3) is 0 Å². The minimum atomic E-state index is -0.671. The lowest BCUT2D eigenvalue weighted by atomic mass is 9.59. The smallest absolute Gasteiger partial charge is 0.306 e. The van der Waals surface area contributed by atoms with Gasteiger partial charge in [0.05, 0.1) is 24.5 Å². The number of cyclic esters (lactones) is 1. The molecule has 1 N–H and O–H groups in total. The quantitative estimate of drug-likeness (QED) is 0.392. The highest BCUT2D eigenvalue weighted by Crippen LogP contribution is 2.60. The predicted octanol–water partition coefficient (Wildman–Crippen LogP) is 3.53. The second-order valence-electron chi connectivity index (χ2n) is 15.2. The average molecular weight is 690 g/mol. The summed E-state index contributed by atoms with van der Waals surface area (Å²) in [7, 11) is 4.87.